The van der Waals surface area contributed by atoms with Crippen molar-refractivity contribution in [3.8, 4) is 0 Å². The Morgan fingerprint density at radius 2 is 2.10 bits per heavy atom. The van der Waals surface area contributed by atoms with Gasteiger partial charge in [0.25, 0.3) is 5.91 Å². The number of benzene rings is 1. The number of rotatable bonds is 4. The predicted octanol–water partition coefficient (Wildman–Crippen LogP) is 2.99. The smallest absolute Gasteiger partial charge is 0.260 e. The zero-order chi connectivity index (χ0) is 14.5. The number of nitrogens with one attached hydrogen (secondary N) is 1. The maximum Gasteiger partial charge on any atom is 0.260 e. The molecule has 0 unspecified atom stereocenters. The SMILES string of the molecule is O=C(Cn1cnc(Cl)c1Cl)N/N=C\c1ccccc1Cl. The van der Waals surface area contributed by atoms with Gasteiger partial charge in [-0.3, -0.25) is 4.79 Å². The number of carbonyl (C=O) groups excluding carboxylic acids is 1. The minimum absolute atomic E-state index is 0.0294. The largest absolute Gasteiger partial charge is 0.311 e. The molecule has 0 radical (unpaired) electrons. The number of hydrazone groups is 1. The summed E-state index contributed by atoms with van der Waals surface area (Å²) in [4.78, 5) is 15.4. The van der Waals surface area contributed by atoms with Gasteiger partial charge in [0.05, 0.1) is 12.5 Å². The first-order chi connectivity index (χ1) is 9.58. The summed E-state index contributed by atoms with van der Waals surface area (Å²) in [5, 5.41) is 4.72. The average Bonchev–Trinajstić information content (AvgIpc) is 2.73. The maximum atomic E-state index is 11.6. The monoisotopic (exact) mass is 330 g/mol. The molecule has 1 aromatic heterocycles. The Balaban J connectivity index is 1.93. The van der Waals surface area contributed by atoms with Crippen molar-refractivity contribution < 1.29 is 4.79 Å². The van der Waals surface area contributed by atoms with Crippen molar-refractivity contribution in [3.63, 3.8) is 0 Å². The summed E-state index contributed by atoms with van der Waals surface area (Å²) in [5.74, 6) is -0.357. The van der Waals surface area contributed by atoms with Crippen molar-refractivity contribution in [2.75, 3.05) is 0 Å². The van der Waals surface area contributed by atoms with Gasteiger partial charge in [-0.25, -0.2) is 10.4 Å². The van der Waals surface area contributed by atoms with Gasteiger partial charge in [0.15, 0.2) is 5.15 Å². The van der Waals surface area contributed by atoms with Crippen LogP contribution in [0.25, 0.3) is 0 Å². The zero-order valence-corrected chi connectivity index (χ0v) is 12.3. The van der Waals surface area contributed by atoms with Gasteiger partial charge in [-0.2, -0.15) is 5.10 Å². The molecule has 0 bridgehead atoms. The second-order valence-corrected chi connectivity index (χ2v) is 4.89. The molecule has 0 saturated heterocycles. The Hall–Kier alpha value is -1.56. The highest BCUT2D eigenvalue weighted by molar-refractivity contribution is 6.40. The molecule has 0 aliphatic carbocycles. The minimum Gasteiger partial charge on any atom is -0.311 e. The standard InChI is InChI=1S/C12H9Cl3N4O/c13-9-4-2-1-3-8(9)5-17-18-10(20)6-19-7-16-11(14)12(19)15/h1-5,7H,6H2,(H,18,20)/b17-5-. The van der Waals surface area contributed by atoms with Crippen molar-refractivity contribution in [2.45, 2.75) is 6.54 Å². The van der Waals surface area contributed by atoms with E-state index in [2.05, 4.69) is 15.5 Å². The van der Waals surface area contributed by atoms with Gasteiger partial charge in [0.1, 0.15) is 11.7 Å². The third-order valence-electron chi connectivity index (χ3n) is 2.34. The number of nitrogens with zero attached hydrogens (tertiary/aromatic N) is 3. The van der Waals surface area contributed by atoms with Crippen molar-refractivity contribution in [1.29, 1.82) is 0 Å². The summed E-state index contributed by atoms with van der Waals surface area (Å²) in [6.45, 7) is -0.0294. The van der Waals surface area contributed by atoms with Crippen molar-refractivity contribution in [2.24, 2.45) is 5.10 Å². The first-order valence-electron chi connectivity index (χ1n) is 5.50. The lowest BCUT2D eigenvalue weighted by Gasteiger charge is -2.02. The molecule has 1 amide bonds. The fraction of sp³-hybridized carbons (Fsp3) is 0.0833. The Labute approximate surface area is 130 Å². The highest BCUT2D eigenvalue weighted by Crippen LogP contribution is 2.19. The van der Waals surface area contributed by atoms with Gasteiger partial charge in [0, 0.05) is 10.6 Å². The molecule has 5 nitrogen and oxygen atoms in total. The van der Waals surface area contributed by atoms with E-state index >= 15 is 0 Å². The predicted molar refractivity (Wildman–Crippen MR) is 79.4 cm³/mol. The normalized spacial score (nSPS) is 10.9. The van der Waals surface area contributed by atoms with E-state index in [0.717, 1.165) is 0 Å². The summed E-state index contributed by atoms with van der Waals surface area (Å²) in [5.41, 5.74) is 3.07. The molecule has 104 valence electrons. The number of hydrogen-bond donors (Lipinski definition) is 1. The van der Waals surface area contributed by atoms with Gasteiger partial charge < -0.3 is 4.57 Å². The molecule has 2 rings (SSSR count). The molecule has 0 spiro atoms. The number of hydrogen-bond acceptors (Lipinski definition) is 3. The van der Waals surface area contributed by atoms with E-state index in [1.54, 1.807) is 12.1 Å². The van der Waals surface area contributed by atoms with Crippen molar-refractivity contribution in [3.05, 3.63) is 51.5 Å². The minimum atomic E-state index is -0.357. The molecule has 1 heterocycles. The van der Waals surface area contributed by atoms with Gasteiger partial charge in [-0.05, 0) is 6.07 Å². The Kier molecular flexibility index (Phi) is 5.00. The molecular weight excluding hydrogens is 323 g/mol. The summed E-state index contributed by atoms with van der Waals surface area (Å²) >= 11 is 17.5. The van der Waals surface area contributed by atoms with Crippen LogP contribution in [0.5, 0.6) is 0 Å². The Morgan fingerprint density at radius 3 is 2.75 bits per heavy atom. The van der Waals surface area contributed by atoms with Crippen LogP contribution in [-0.2, 0) is 11.3 Å². The molecule has 0 saturated carbocycles. The lowest BCUT2D eigenvalue weighted by atomic mass is 10.2. The van der Waals surface area contributed by atoms with E-state index < -0.39 is 0 Å². The second-order valence-electron chi connectivity index (χ2n) is 3.77. The number of carbonyl (C=O) groups is 1. The molecule has 1 N–H and O–H groups in total. The third kappa shape index (κ3) is 3.72. The van der Waals surface area contributed by atoms with E-state index in [1.165, 1.54) is 17.1 Å². The molecule has 2 aromatic rings. The van der Waals surface area contributed by atoms with Gasteiger partial charge in [-0.1, -0.05) is 53.0 Å². The number of amides is 1. The molecule has 0 atom stereocenters. The Bertz CT molecular complexity index is 654. The number of halogens is 3. The second kappa shape index (κ2) is 6.74. The van der Waals surface area contributed by atoms with Gasteiger partial charge in [0.2, 0.25) is 0 Å². The summed E-state index contributed by atoms with van der Waals surface area (Å²) in [7, 11) is 0. The van der Waals surface area contributed by atoms with Crippen molar-refractivity contribution in [1.82, 2.24) is 15.0 Å². The first kappa shape index (κ1) is 14.8. The third-order valence-corrected chi connectivity index (χ3v) is 3.46. The fourth-order valence-corrected chi connectivity index (χ4v) is 1.89. The first-order valence-corrected chi connectivity index (χ1v) is 6.64. The number of imidazole rings is 1. The Morgan fingerprint density at radius 1 is 1.35 bits per heavy atom. The molecule has 20 heavy (non-hydrogen) atoms. The molecule has 8 heteroatoms. The van der Waals surface area contributed by atoms with E-state index in [9.17, 15) is 4.79 Å². The lowest BCUT2D eigenvalue weighted by molar-refractivity contribution is -0.121. The summed E-state index contributed by atoms with van der Waals surface area (Å²) < 4.78 is 1.41. The maximum absolute atomic E-state index is 11.6. The quantitative estimate of drug-likeness (QED) is 0.691. The highest BCUT2D eigenvalue weighted by atomic mass is 35.5. The van der Waals surface area contributed by atoms with Crippen LogP contribution in [0.1, 0.15) is 5.56 Å². The topological polar surface area (TPSA) is 59.3 Å². The van der Waals surface area contributed by atoms with Crippen LogP contribution >= 0.6 is 34.8 Å². The number of aromatic nitrogens is 2. The highest BCUT2D eigenvalue weighted by Gasteiger charge is 2.09. The summed E-state index contributed by atoms with van der Waals surface area (Å²) in [6.07, 6.45) is 2.84. The van der Waals surface area contributed by atoms with Crippen LogP contribution in [0.3, 0.4) is 0 Å². The zero-order valence-electron chi connectivity index (χ0n) is 10.1. The molecule has 0 aliphatic rings. The van der Waals surface area contributed by atoms with Crippen LogP contribution in [-0.4, -0.2) is 21.7 Å². The fourth-order valence-electron chi connectivity index (χ4n) is 1.40. The average molecular weight is 332 g/mol. The molecular formula is C12H9Cl3N4O. The van der Waals surface area contributed by atoms with E-state index in [1.807, 2.05) is 12.1 Å². The van der Waals surface area contributed by atoms with Crippen molar-refractivity contribution >= 4 is 46.9 Å². The van der Waals surface area contributed by atoms with Crippen LogP contribution in [0.4, 0.5) is 0 Å². The van der Waals surface area contributed by atoms with Crippen LogP contribution < -0.4 is 5.43 Å². The van der Waals surface area contributed by atoms with E-state index in [-0.39, 0.29) is 22.8 Å². The van der Waals surface area contributed by atoms with Crippen LogP contribution in [0.15, 0.2) is 35.7 Å². The summed E-state index contributed by atoms with van der Waals surface area (Å²) in [6, 6.07) is 7.15. The van der Waals surface area contributed by atoms with Crippen LogP contribution in [0.2, 0.25) is 15.3 Å². The molecule has 0 aliphatic heterocycles. The molecule has 1 aromatic carbocycles. The van der Waals surface area contributed by atoms with E-state index in [4.69, 9.17) is 34.8 Å². The van der Waals surface area contributed by atoms with E-state index in [0.29, 0.717) is 10.6 Å². The molecule has 0 fully saturated rings. The lowest BCUT2D eigenvalue weighted by Crippen LogP contribution is -2.22. The van der Waals surface area contributed by atoms with Crippen LogP contribution in [0, 0.1) is 0 Å². The van der Waals surface area contributed by atoms with Gasteiger partial charge in [-0.15, -0.1) is 0 Å². The van der Waals surface area contributed by atoms with Gasteiger partial charge >= 0.3 is 0 Å².